The van der Waals surface area contributed by atoms with Crippen molar-refractivity contribution in [3.8, 4) is 0 Å². The summed E-state index contributed by atoms with van der Waals surface area (Å²) < 4.78 is 1.27. The molecule has 1 atom stereocenters. The van der Waals surface area contributed by atoms with Crippen molar-refractivity contribution in [1.82, 2.24) is 19.9 Å². The van der Waals surface area contributed by atoms with Crippen LogP contribution in [0.2, 0.25) is 0 Å². The molecule has 2 aromatic carbocycles. The van der Waals surface area contributed by atoms with Gasteiger partial charge in [0.25, 0.3) is 5.56 Å². The largest absolute Gasteiger partial charge is 0.368 e. The van der Waals surface area contributed by atoms with E-state index in [1.165, 1.54) is 21.5 Å². The van der Waals surface area contributed by atoms with Crippen LogP contribution in [0, 0.1) is 19.8 Å². The second-order valence-corrected chi connectivity index (χ2v) is 8.58. The average Bonchev–Trinajstić information content (AvgIpc) is 2.77. The van der Waals surface area contributed by atoms with Gasteiger partial charge in [0.05, 0.1) is 5.39 Å². The smallest absolute Gasteiger partial charge is 0.278 e. The maximum absolute atomic E-state index is 13.5. The van der Waals surface area contributed by atoms with Crippen LogP contribution in [0.25, 0.3) is 10.9 Å². The number of amides is 1. The minimum atomic E-state index is -0.670. The Morgan fingerprint density at radius 1 is 0.968 bits per heavy atom. The highest BCUT2D eigenvalue weighted by Gasteiger charge is 2.33. The quantitative estimate of drug-likeness (QED) is 0.650. The predicted molar refractivity (Wildman–Crippen MR) is 122 cm³/mol. The second-order valence-electron chi connectivity index (χ2n) is 8.58. The fourth-order valence-electron chi connectivity index (χ4n) is 4.29. The Morgan fingerprint density at radius 2 is 1.68 bits per heavy atom. The fourth-order valence-corrected chi connectivity index (χ4v) is 4.29. The number of hydrogen-bond acceptors (Lipinski definition) is 5. The van der Waals surface area contributed by atoms with Crippen LogP contribution in [0.5, 0.6) is 0 Å². The molecule has 1 unspecified atom stereocenters. The van der Waals surface area contributed by atoms with E-state index in [2.05, 4.69) is 47.3 Å². The van der Waals surface area contributed by atoms with Crippen LogP contribution in [-0.4, -0.2) is 52.0 Å². The summed E-state index contributed by atoms with van der Waals surface area (Å²) in [5.41, 5.74) is 4.04. The Hall–Kier alpha value is -3.22. The molecule has 1 amide bonds. The summed E-state index contributed by atoms with van der Waals surface area (Å²) in [6.07, 6.45) is 0. The van der Waals surface area contributed by atoms with Gasteiger partial charge in [-0.15, -0.1) is 5.10 Å². The van der Waals surface area contributed by atoms with E-state index < -0.39 is 6.04 Å². The van der Waals surface area contributed by atoms with Crippen LogP contribution in [0.15, 0.2) is 47.3 Å². The first kappa shape index (κ1) is 21.0. The molecule has 2 heterocycles. The van der Waals surface area contributed by atoms with Gasteiger partial charge in [-0.3, -0.25) is 9.59 Å². The Kier molecular flexibility index (Phi) is 5.76. The standard InChI is InChI=1S/C24H29N5O2/c1-16(2)22(29-23(30)19-9-5-6-10-20(19)25-26-29)24(31)28-14-12-27(13-15-28)21-11-7-8-17(3)18(21)4/h5-11,16,22H,12-15H2,1-4H3. The lowest BCUT2D eigenvalue weighted by atomic mass is 10.0. The number of anilines is 1. The molecule has 162 valence electrons. The summed E-state index contributed by atoms with van der Waals surface area (Å²) in [5, 5.41) is 8.78. The monoisotopic (exact) mass is 419 g/mol. The number of aromatic nitrogens is 3. The average molecular weight is 420 g/mol. The van der Waals surface area contributed by atoms with Gasteiger partial charge in [0.15, 0.2) is 0 Å². The van der Waals surface area contributed by atoms with Crippen LogP contribution in [-0.2, 0) is 4.79 Å². The van der Waals surface area contributed by atoms with E-state index in [0.29, 0.717) is 24.0 Å². The SMILES string of the molecule is Cc1cccc(N2CCN(C(=O)C(C(C)C)n3nnc4ccccc4c3=O)CC2)c1C. The van der Waals surface area contributed by atoms with E-state index in [9.17, 15) is 9.59 Å². The predicted octanol–water partition coefficient (Wildman–Crippen LogP) is 2.95. The lowest BCUT2D eigenvalue weighted by molar-refractivity contribution is -0.137. The normalized spacial score (nSPS) is 15.5. The molecular weight excluding hydrogens is 390 g/mol. The van der Waals surface area contributed by atoms with Gasteiger partial charge >= 0.3 is 0 Å². The Morgan fingerprint density at radius 3 is 2.39 bits per heavy atom. The number of carbonyl (C=O) groups excluding carboxylic acids is 1. The molecular formula is C24H29N5O2. The maximum atomic E-state index is 13.5. The number of benzene rings is 2. The first-order valence-electron chi connectivity index (χ1n) is 10.8. The van der Waals surface area contributed by atoms with Crippen molar-refractivity contribution in [3.63, 3.8) is 0 Å². The third kappa shape index (κ3) is 3.92. The molecule has 7 nitrogen and oxygen atoms in total. The second kappa shape index (κ2) is 8.49. The first-order chi connectivity index (χ1) is 14.9. The Bertz CT molecular complexity index is 1160. The number of fused-ring (bicyclic) bond motifs is 1. The molecule has 3 aromatic rings. The number of piperazine rings is 1. The van der Waals surface area contributed by atoms with E-state index in [0.717, 1.165) is 13.1 Å². The molecule has 31 heavy (non-hydrogen) atoms. The van der Waals surface area contributed by atoms with Crippen molar-refractivity contribution in [3.05, 3.63) is 63.9 Å². The van der Waals surface area contributed by atoms with E-state index in [1.54, 1.807) is 18.2 Å². The molecule has 1 aromatic heterocycles. The third-order valence-corrected chi connectivity index (χ3v) is 6.25. The highest BCUT2D eigenvalue weighted by molar-refractivity contribution is 5.82. The minimum Gasteiger partial charge on any atom is -0.368 e. The lowest BCUT2D eigenvalue weighted by Crippen LogP contribution is -2.52. The van der Waals surface area contributed by atoms with Gasteiger partial charge in [-0.25, -0.2) is 0 Å². The zero-order chi connectivity index (χ0) is 22.1. The summed E-state index contributed by atoms with van der Waals surface area (Å²) in [5.74, 6) is -0.153. The number of carbonyl (C=O) groups is 1. The van der Waals surface area contributed by atoms with Crippen LogP contribution in [0.1, 0.15) is 31.0 Å². The van der Waals surface area contributed by atoms with Gasteiger partial charge in [-0.05, 0) is 49.1 Å². The topological polar surface area (TPSA) is 71.3 Å². The van der Waals surface area contributed by atoms with E-state index >= 15 is 0 Å². The first-order valence-corrected chi connectivity index (χ1v) is 10.8. The minimum absolute atomic E-state index is 0.0673. The summed E-state index contributed by atoms with van der Waals surface area (Å²) in [6.45, 7) is 10.9. The van der Waals surface area contributed by atoms with Gasteiger partial charge in [0.2, 0.25) is 5.91 Å². The lowest BCUT2D eigenvalue weighted by Gasteiger charge is -2.38. The van der Waals surface area contributed by atoms with Gasteiger partial charge in [0, 0.05) is 31.9 Å². The fraction of sp³-hybridized carbons (Fsp3) is 0.417. The van der Waals surface area contributed by atoms with Gasteiger partial charge < -0.3 is 9.80 Å². The van der Waals surface area contributed by atoms with Crippen LogP contribution in [0.4, 0.5) is 5.69 Å². The van der Waals surface area contributed by atoms with Crippen molar-refractivity contribution in [2.45, 2.75) is 33.7 Å². The van der Waals surface area contributed by atoms with Crippen LogP contribution < -0.4 is 10.5 Å². The molecule has 0 radical (unpaired) electrons. The summed E-state index contributed by atoms with van der Waals surface area (Å²) in [7, 11) is 0. The molecule has 0 saturated carbocycles. The highest BCUT2D eigenvalue weighted by Crippen LogP contribution is 2.25. The van der Waals surface area contributed by atoms with Crippen LogP contribution >= 0.6 is 0 Å². The van der Waals surface area contributed by atoms with E-state index in [4.69, 9.17) is 0 Å². The van der Waals surface area contributed by atoms with Gasteiger partial charge in [-0.1, -0.05) is 43.3 Å². The molecule has 0 spiro atoms. The van der Waals surface area contributed by atoms with Crippen molar-refractivity contribution in [2.75, 3.05) is 31.1 Å². The summed E-state index contributed by atoms with van der Waals surface area (Å²) in [4.78, 5) is 30.7. The molecule has 1 fully saturated rings. The summed E-state index contributed by atoms with van der Waals surface area (Å²) in [6, 6.07) is 12.8. The number of hydrogen-bond donors (Lipinski definition) is 0. The van der Waals surface area contributed by atoms with Gasteiger partial charge in [0.1, 0.15) is 11.6 Å². The maximum Gasteiger partial charge on any atom is 0.278 e. The highest BCUT2D eigenvalue weighted by atomic mass is 16.2. The van der Waals surface area contributed by atoms with Crippen molar-refractivity contribution < 1.29 is 4.79 Å². The zero-order valence-electron chi connectivity index (χ0n) is 18.6. The molecule has 1 aliphatic heterocycles. The molecule has 1 aliphatic rings. The number of aryl methyl sites for hydroxylation is 1. The van der Waals surface area contributed by atoms with Crippen molar-refractivity contribution in [2.24, 2.45) is 5.92 Å². The molecule has 4 rings (SSSR count). The molecule has 0 aliphatic carbocycles. The summed E-state index contributed by atoms with van der Waals surface area (Å²) >= 11 is 0. The van der Waals surface area contributed by atoms with E-state index in [1.807, 2.05) is 24.8 Å². The Balaban J connectivity index is 1.56. The zero-order valence-corrected chi connectivity index (χ0v) is 18.6. The van der Waals surface area contributed by atoms with Crippen molar-refractivity contribution >= 4 is 22.5 Å². The van der Waals surface area contributed by atoms with Crippen molar-refractivity contribution in [1.29, 1.82) is 0 Å². The molecule has 1 saturated heterocycles. The Labute approximate surface area is 182 Å². The molecule has 0 bridgehead atoms. The number of nitrogens with zero attached hydrogens (tertiary/aromatic N) is 5. The molecule has 0 N–H and O–H groups in total. The van der Waals surface area contributed by atoms with Crippen LogP contribution in [0.3, 0.4) is 0 Å². The van der Waals surface area contributed by atoms with E-state index in [-0.39, 0.29) is 17.4 Å². The van der Waals surface area contributed by atoms with Gasteiger partial charge in [-0.2, -0.15) is 4.68 Å². The third-order valence-electron chi connectivity index (χ3n) is 6.25. The number of rotatable bonds is 4. The molecule has 7 heteroatoms.